The van der Waals surface area contributed by atoms with E-state index in [-0.39, 0.29) is 0 Å². The van der Waals surface area contributed by atoms with Gasteiger partial charge in [-0.1, -0.05) is 0 Å². The van der Waals surface area contributed by atoms with Crippen molar-refractivity contribution in [1.82, 2.24) is 0 Å². The average molecular weight is 278 g/mol. The van der Waals surface area contributed by atoms with Gasteiger partial charge in [-0.05, 0) is 46.7 Å². The summed E-state index contributed by atoms with van der Waals surface area (Å²) in [6.07, 6.45) is 0.950. The van der Waals surface area contributed by atoms with Crippen molar-refractivity contribution in [2.75, 3.05) is 20.3 Å². The first-order valence-electron chi connectivity index (χ1n) is 7.20. The lowest BCUT2D eigenvalue weighted by Gasteiger charge is -2.20. The Morgan fingerprint density at radius 1 is 0.850 bits per heavy atom. The number of hydrogen-bond donors (Lipinski definition) is 0. The van der Waals surface area contributed by atoms with Gasteiger partial charge >= 0.3 is 0 Å². The predicted molar refractivity (Wildman–Crippen MR) is 74.3 cm³/mol. The highest BCUT2D eigenvalue weighted by Gasteiger charge is 2.25. The Hall–Kier alpha value is -0.940. The van der Waals surface area contributed by atoms with Crippen molar-refractivity contribution in [2.45, 2.75) is 46.4 Å². The van der Waals surface area contributed by atoms with Crippen LogP contribution < -0.4 is 0 Å². The summed E-state index contributed by atoms with van der Waals surface area (Å²) in [5, 5.41) is 0. The van der Waals surface area contributed by atoms with Gasteiger partial charge in [-0.15, -0.1) is 0 Å². The highest BCUT2D eigenvalue weighted by atomic mass is 16.5. The van der Waals surface area contributed by atoms with Crippen LogP contribution >= 0.6 is 0 Å². The van der Waals surface area contributed by atoms with Crippen LogP contribution in [0.4, 0.5) is 0 Å². The van der Waals surface area contributed by atoms with Crippen LogP contribution in [-0.2, 0) is 52.0 Å². The van der Waals surface area contributed by atoms with E-state index in [0.29, 0.717) is 33.0 Å². The second kappa shape index (κ2) is 6.22. The van der Waals surface area contributed by atoms with Crippen molar-refractivity contribution < 1.29 is 18.9 Å². The van der Waals surface area contributed by atoms with Gasteiger partial charge in [-0.2, -0.15) is 0 Å². The van der Waals surface area contributed by atoms with Crippen molar-refractivity contribution >= 4 is 0 Å². The minimum atomic E-state index is 0.616. The Morgan fingerprint density at radius 2 is 1.45 bits per heavy atom. The molecule has 0 atom stereocenters. The summed E-state index contributed by atoms with van der Waals surface area (Å²) in [4.78, 5) is 0. The largest absolute Gasteiger partial charge is 0.380 e. The van der Waals surface area contributed by atoms with Gasteiger partial charge in [0.05, 0.1) is 33.0 Å². The summed E-state index contributed by atoms with van der Waals surface area (Å²) in [5.74, 6) is 0. The molecular weight excluding hydrogens is 256 g/mol. The molecule has 0 radical (unpaired) electrons. The molecule has 4 nitrogen and oxygen atoms in total. The third-order valence-electron chi connectivity index (χ3n) is 4.21. The molecule has 0 aromatic heterocycles. The van der Waals surface area contributed by atoms with Crippen LogP contribution in [0.25, 0.3) is 0 Å². The van der Waals surface area contributed by atoms with Crippen LogP contribution in [-0.4, -0.2) is 20.3 Å². The monoisotopic (exact) mass is 278 g/mol. The van der Waals surface area contributed by atoms with E-state index in [2.05, 4.69) is 6.92 Å². The number of benzene rings is 1. The second-order valence-corrected chi connectivity index (χ2v) is 5.40. The molecule has 0 saturated heterocycles. The molecule has 2 aliphatic rings. The van der Waals surface area contributed by atoms with Crippen LogP contribution in [0, 0.1) is 6.92 Å². The second-order valence-electron chi connectivity index (χ2n) is 5.40. The molecule has 0 fully saturated rings. The molecule has 0 N–H and O–H groups in total. The van der Waals surface area contributed by atoms with E-state index in [0.717, 1.165) is 19.6 Å². The molecule has 1 aromatic carbocycles. The van der Waals surface area contributed by atoms with E-state index in [9.17, 15) is 0 Å². The summed E-state index contributed by atoms with van der Waals surface area (Å²) < 4.78 is 22.7. The molecule has 0 aliphatic carbocycles. The average Bonchev–Trinajstić information content (AvgIpc) is 2.95. The molecule has 2 heterocycles. The molecule has 4 heteroatoms. The van der Waals surface area contributed by atoms with Gasteiger partial charge in [0.25, 0.3) is 0 Å². The fraction of sp³-hybridized carbons (Fsp3) is 0.625. The maximum atomic E-state index is 5.81. The van der Waals surface area contributed by atoms with Gasteiger partial charge in [-0.3, -0.25) is 0 Å². The molecule has 0 spiro atoms. The summed E-state index contributed by atoms with van der Waals surface area (Å²) in [7, 11) is 1.74. The Kier molecular flexibility index (Phi) is 4.36. The maximum absolute atomic E-state index is 5.81. The third kappa shape index (κ3) is 2.49. The van der Waals surface area contributed by atoms with Gasteiger partial charge in [0.1, 0.15) is 0 Å². The SMILES string of the molecule is COCc1c(C)c2c(c3c1COCCCOC3)COC2. The highest BCUT2D eigenvalue weighted by molar-refractivity contribution is 5.52. The van der Waals surface area contributed by atoms with Crippen molar-refractivity contribution in [2.24, 2.45) is 0 Å². The first kappa shape index (κ1) is 14.0. The number of ether oxygens (including phenoxy) is 4. The lowest BCUT2D eigenvalue weighted by Crippen LogP contribution is -2.11. The smallest absolute Gasteiger partial charge is 0.0728 e. The van der Waals surface area contributed by atoms with Crippen molar-refractivity contribution in [3.8, 4) is 0 Å². The number of methoxy groups -OCH3 is 1. The van der Waals surface area contributed by atoms with Crippen LogP contribution in [0.1, 0.15) is 39.8 Å². The molecule has 3 rings (SSSR count). The predicted octanol–water partition coefficient (Wildman–Crippen LogP) is 2.61. The Labute approximate surface area is 120 Å². The molecular formula is C16H22O4. The lowest BCUT2D eigenvalue weighted by atomic mass is 9.89. The van der Waals surface area contributed by atoms with Crippen LogP contribution in [0.15, 0.2) is 0 Å². The van der Waals surface area contributed by atoms with E-state index in [1.54, 1.807) is 7.11 Å². The van der Waals surface area contributed by atoms with E-state index in [4.69, 9.17) is 18.9 Å². The summed E-state index contributed by atoms with van der Waals surface area (Å²) in [6.45, 7) is 6.97. The molecule has 0 saturated carbocycles. The molecule has 0 unspecified atom stereocenters. The van der Waals surface area contributed by atoms with Gasteiger partial charge in [0.2, 0.25) is 0 Å². The summed E-state index contributed by atoms with van der Waals surface area (Å²) >= 11 is 0. The van der Waals surface area contributed by atoms with Crippen molar-refractivity contribution in [1.29, 1.82) is 0 Å². The zero-order chi connectivity index (χ0) is 13.9. The first-order valence-corrected chi connectivity index (χ1v) is 7.20. The highest BCUT2D eigenvalue weighted by Crippen LogP contribution is 2.34. The first-order chi connectivity index (χ1) is 9.83. The quantitative estimate of drug-likeness (QED) is 0.833. The minimum absolute atomic E-state index is 0.616. The Balaban J connectivity index is 2.12. The van der Waals surface area contributed by atoms with Gasteiger partial charge in [-0.25, -0.2) is 0 Å². The molecule has 1 aromatic rings. The standard InChI is InChI=1S/C16H22O4/c1-11-12(6-17-2)14-8-18-4-3-5-19-9-16(14)15-10-20-7-13(11)15/h3-10H2,1-2H3. The zero-order valence-electron chi connectivity index (χ0n) is 12.3. The van der Waals surface area contributed by atoms with Crippen molar-refractivity contribution in [3.63, 3.8) is 0 Å². The number of rotatable bonds is 2. The fourth-order valence-corrected chi connectivity index (χ4v) is 3.11. The lowest BCUT2D eigenvalue weighted by molar-refractivity contribution is 0.0801. The molecule has 110 valence electrons. The Morgan fingerprint density at radius 3 is 2.20 bits per heavy atom. The number of fused-ring (bicyclic) bond motifs is 3. The van der Waals surface area contributed by atoms with Gasteiger partial charge in [0.15, 0.2) is 0 Å². The van der Waals surface area contributed by atoms with E-state index >= 15 is 0 Å². The van der Waals surface area contributed by atoms with Crippen LogP contribution in [0.5, 0.6) is 0 Å². The fourth-order valence-electron chi connectivity index (χ4n) is 3.11. The topological polar surface area (TPSA) is 36.9 Å². The number of hydrogen-bond acceptors (Lipinski definition) is 4. The molecule has 0 amide bonds. The van der Waals surface area contributed by atoms with E-state index < -0.39 is 0 Å². The van der Waals surface area contributed by atoms with Crippen LogP contribution in [0.2, 0.25) is 0 Å². The van der Waals surface area contributed by atoms with Gasteiger partial charge in [0, 0.05) is 20.3 Å². The van der Waals surface area contributed by atoms with Gasteiger partial charge < -0.3 is 18.9 Å². The van der Waals surface area contributed by atoms with E-state index in [1.165, 1.54) is 33.4 Å². The Bertz CT molecular complexity index is 496. The normalized spacial score (nSPS) is 18.9. The van der Waals surface area contributed by atoms with E-state index in [1.807, 2.05) is 0 Å². The maximum Gasteiger partial charge on any atom is 0.0728 e. The molecule has 0 bridgehead atoms. The zero-order valence-corrected chi connectivity index (χ0v) is 12.3. The molecule has 20 heavy (non-hydrogen) atoms. The van der Waals surface area contributed by atoms with Crippen molar-refractivity contribution in [3.05, 3.63) is 33.4 Å². The third-order valence-corrected chi connectivity index (χ3v) is 4.21. The van der Waals surface area contributed by atoms with Crippen LogP contribution in [0.3, 0.4) is 0 Å². The summed E-state index contributed by atoms with van der Waals surface area (Å²) in [5.41, 5.74) is 7.67. The minimum Gasteiger partial charge on any atom is -0.380 e. The molecule has 2 aliphatic heterocycles. The summed E-state index contributed by atoms with van der Waals surface area (Å²) in [6, 6.07) is 0.